The van der Waals surface area contributed by atoms with Crippen LogP contribution in [0.5, 0.6) is 0 Å². The number of aromatic nitrogens is 1. The standard InChI is InChI=1S/C28H38N4O3S2.2ClH/c1-3-18(2)26(34)30-24(19-9-5-4-6-10-19)28(35)32-15-20-11-7-13-31(20)16-22(32)27-29-21(17-37-27)25(33)23-12-8-14-36-23;;/h8,12,14,17-20,22,24H,3-7,9-11,13,15-16H2,1-2H3,(H,30,34);2*1H/t18-,20-,22+,24+;;/m1../s1. The first kappa shape index (κ1) is 32.0. The zero-order chi connectivity index (χ0) is 25.9. The zero-order valence-corrected chi connectivity index (χ0v) is 25.9. The van der Waals surface area contributed by atoms with Gasteiger partial charge in [0.2, 0.25) is 17.6 Å². The van der Waals surface area contributed by atoms with Gasteiger partial charge in [-0.25, -0.2) is 4.98 Å². The quantitative estimate of drug-likeness (QED) is 0.383. The predicted molar refractivity (Wildman–Crippen MR) is 161 cm³/mol. The number of nitrogens with one attached hydrogen (secondary N) is 1. The van der Waals surface area contributed by atoms with Gasteiger partial charge in [-0.1, -0.05) is 39.2 Å². The first-order chi connectivity index (χ1) is 18.0. The van der Waals surface area contributed by atoms with E-state index in [0.717, 1.165) is 63.0 Å². The molecule has 2 aliphatic heterocycles. The third kappa shape index (κ3) is 7.04. The number of halogens is 2. The smallest absolute Gasteiger partial charge is 0.246 e. The molecule has 3 fully saturated rings. The van der Waals surface area contributed by atoms with Gasteiger partial charge in [0.25, 0.3) is 0 Å². The molecule has 1 saturated carbocycles. The summed E-state index contributed by atoms with van der Waals surface area (Å²) in [5.41, 5.74) is 0.451. The van der Waals surface area contributed by atoms with Crippen LogP contribution in [0.25, 0.3) is 0 Å². The summed E-state index contributed by atoms with van der Waals surface area (Å²) >= 11 is 2.89. The lowest BCUT2D eigenvalue weighted by Crippen LogP contribution is -2.60. The summed E-state index contributed by atoms with van der Waals surface area (Å²) < 4.78 is 0. The molecule has 1 aliphatic carbocycles. The van der Waals surface area contributed by atoms with Crippen LogP contribution in [0.4, 0.5) is 0 Å². The van der Waals surface area contributed by atoms with Crippen molar-refractivity contribution in [3.05, 3.63) is 38.5 Å². The average molecular weight is 616 g/mol. The van der Waals surface area contributed by atoms with Gasteiger partial charge >= 0.3 is 0 Å². The van der Waals surface area contributed by atoms with Crippen molar-refractivity contribution in [2.45, 2.75) is 83.3 Å². The molecule has 0 aromatic carbocycles. The van der Waals surface area contributed by atoms with Crippen LogP contribution >= 0.6 is 47.5 Å². The molecule has 0 radical (unpaired) electrons. The minimum Gasteiger partial charge on any atom is -0.344 e. The molecule has 2 saturated heterocycles. The zero-order valence-electron chi connectivity index (χ0n) is 22.7. The number of amides is 2. The lowest BCUT2D eigenvalue weighted by molar-refractivity contribution is -0.144. The van der Waals surface area contributed by atoms with Crippen LogP contribution in [-0.2, 0) is 9.59 Å². The summed E-state index contributed by atoms with van der Waals surface area (Å²) in [6.07, 6.45) is 8.33. The second kappa shape index (κ2) is 14.4. The maximum atomic E-state index is 14.3. The second-order valence-electron chi connectivity index (χ2n) is 10.9. The Balaban J connectivity index is 0.00000210. The van der Waals surface area contributed by atoms with Crippen LogP contribution in [0, 0.1) is 11.8 Å². The van der Waals surface area contributed by atoms with Crippen LogP contribution in [0.2, 0.25) is 0 Å². The second-order valence-corrected chi connectivity index (χ2v) is 12.7. The number of ketones is 1. The first-order valence-corrected chi connectivity index (χ1v) is 15.6. The Labute approximate surface area is 251 Å². The number of hydrogen-bond donors (Lipinski definition) is 1. The molecule has 2 aromatic rings. The molecule has 3 aliphatic rings. The van der Waals surface area contributed by atoms with E-state index in [0.29, 0.717) is 23.2 Å². The van der Waals surface area contributed by atoms with E-state index in [4.69, 9.17) is 4.98 Å². The highest BCUT2D eigenvalue weighted by Gasteiger charge is 2.44. The van der Waals surface area contributed by atoms with Crippen LogP contribution in [0.3, 0.4) is 0 Å². The molecule has 0 unspecified atom stereocenters. The molecule has 0 bridgehead atoms. The number of piperazine rings is 1. The molecule has 4 atom stereocenters. The summed E-state index contributed by atoms with van der Waals surface area (Å²) in [5.74, 6) is -0.0111. The number of rotatable bonds is 8. The van der Waals surface area contributed by atoms with Gasteiger partial charge in [0, 0.05) is 30.4 Å². The molecule has 4 heterocycles. The topological polar surface area (TPSA) is 82.6 Å². The first-order valence-electron chi connectivity index (χ1n) is 13.8. The normalized spacial score (nSPS) is 23.2. The molecule has 7 nitrogen and oxygen atoms in total. The average Bonchev–Trinajstić information content (AvgIpc) is 3.72. The third-order valence-corrected chi connectivity index (χ3v) is 10.3. The van der Waals surface area contributed by atoms with Crippen molar-refractivity contribution in [1.29, 1.82) is 0 Å². The van der Waals surface area contributed by atoms with Crippen LogP contribution in [0.1, 0.15) is 91.6 Å². The van der Waals surface area contributed by atoms with E-state index in [1.165, 1.54) is 29.1 Å². The van der Waals surface area contributed by atoms with E-state index in [2.05, 4.69) is 10.2 Å². The fourth-order valence-corrected chi connectivity index (χ4v) is 7.63. The number of carbonyl (C=O) groups is 3. The molecule has 1 N–H and O–H groups in total. The fraction of sp³-hybridized carbons (Fsp3) is 0.643. The number of thiophene rings is 1. The Bertz CT molecular complexity index is 1110. The lowest BCUT2D eigenvalue weighted by atomic mass is 9.82. The van der Waals surface area contributed by atoms with Gasteiger partial charge in [-0.05, 0) is 56.0 Å². The molecule has 11 heteroatoms. The number of thiazole rings is 1. The molecule has 39 heavy (non-hydrogen) atoms. The molecule has 5 rings (SSSR count). The number of nitrogens with zero attached hydrogens (tertiary/aromatic N) is 3. The number of carbonyl (C=O) groups excluding carboxylic acids is 3. The van der Waals surface area contributed by atoms with Gasteiger partial charge in [0.1, 0.15) is 16.7 Å². The maximum Gasteiger partial charge on any atom is 0.246 e. The Hall–Kier alpha value is -1.52. The Morgan fingerprint density at radius 1 is 1.08 bits per heavy atom. The summed E-state index contributed by atoms with van der Waals surface area (Å²) in [5, 5.41) is 7.74. The minimum absolute atomic E-state index is 0. The van der Waals surface area contributed by atoms with Gasteiger partial charge in [-0.3, -0.25) is 19.3 Å². The van der Waals surface area contributed by atoms with Crippen LogP contribution in [0.15, 0.2) is 22.9 Å². The van der Waals surface area contributed by atoms with Gasteiger partial charge in [0.15, 0.2) is 0 Å². The van der Waals surface area contributed by atoms with Gasteiger partial charge < -0.3 is 10.2 Å². The third-order valence-electron chi connectivity index (χ3n) is 8.50. The van der Waals surface area contributed by atoms with Crippen molar-refractivity contribution in [2.75, 3.05) is 19.6 Å². The molecule has 2 aromatic heterocycles. The van der Waals surface area contributed by atoms with E-state index in [-0.39, 0.29) is 60.3 Å². The molecule has 216 valence electrons. The maximum absolute atomic E-state index is 14.3. The predicted octanol–water partition coefficient (Wildman–Crippen LogP) is 5.74. The van der Waals surface area contributed by atoms with Crippen molar-refractivity contribution in [3.63, 3.8) is 0 Å². The molecule has 2 amide bonds. The van der Waals surface area contributed by atoms with E-state index < -0.39 is 6.04 Å². The highest BCUT2D eigenvalue weighted by Crippen LogP contribution is 2.36. The van der Waals surface area contributed by atoms with Crippen molar-refractivity contribution in [3.8, 4) is 0 Å². The van der Waals surface area contributed by atoms with Crippen molar-refractivity contribution >= 4 is 65.1 Å². The molecule has 0 spiro atoms. The monoisotopic (exact) mass is 614 g/mol. The molecular formula is C28H40Cl2N4O3S2. The van der Waals surface area contributed by atoms with Gasteiger partial charge in [0.05, 0.1) is 10.9 Å². The number of fused-ring (bicyclic) bond motifs is 1. The van der Waals surface area contributed by atoms with Crippen molar-refractivity contribution in [2.24, 2.45) is 11.8 Å². The lowest BCUT2D eigenvalue weighted by Gasteiger charge is -2.45. The van der Waals surface area contributed by atoms with Gasteiger partial charge in [-0.2, -0.15) is 0 Å². The SMILES string of the molecule is CC[C@@H](C)C(=O)N[C@H](C(=O)N1C[C@H]2CCCN2C[C@H]1c1nc(C(=O)c2cccs2)cs1)C1CCCCC1.Cl.Cl. The van der Waals surface area contributed by atoms with Crippen molar-refractivity contribution in [1.82, 2.24) is 20.1 Å². The highest BCUT2D eigenvalue weighted by molar-refractivity contribution is 7.12. The summed E-state index contributed by atoms with van der Waals surface area (Å²) in [4.78, 5) is 50.2. The fourth-order valence-electron chi connectivity index (χ4n) is 6.06. The Kier molecular flexibility index (Phi) is 11.8. The summed E-state index contributed by atoms with van der Waals surface area (Å²) in [6, 6.07) is 3.35. The van der Waals surface area contributed by atoms with E-state index in [9.17, 15) is 14.4 Å². The highest BCUT2D eigenvalue weighted by atomic mass is 35.5. The largest absolute Gasteiger partial charge is 0.344 e. The summed E-state index contributed by atoms with van der Waals surface area (Å²) in [7, 11) is 0. The van der Waals surface area contributed by atoms with Crippen LogP contribution in [-0.4, -0.2) is 64.1 Å². The molecular weight excluding hydrogens is 575 g/mol. The summed E-state index contributed by atoms with van der Waals surface area (Å²) in [6.45, 7) is 6.35. The van der Waals surface area contributed by atoms with E-state index in [1.807, 2.05) is 41.6 Å². The Morgan fingerprint density at radius 3 is 2.54 bits per heavy atom. The van der Waals surface area contributed by atoms with Crippen LogP contribution < -0.4 is 5.32 Å². The van der Waals surface area contributed by atoms with E-state index >= 15 is 0 Å². The number of hydrogen-bond acceptors (Lipinski definition) is 7. The van der Waals surface area contributed by atoms with E-state index in [1.54, 1.807) is 0 Å². The van der Waals surface area contributed by atoms with Crippen molar-refractivity contribution < 1.29 is 14.4 Å². The Morgan fingerprint density at radius 2 is 1.85 bits per heavy atom. The van der Waals surface area contributed by atoms with Gasteiger partial charge in [-0.15, -0.1) is 47.5 Å². The minimum atomic E-state index is -0.496.